The Morgan fingerprint density at radius 2 is 1.07 bits per heavy atom. The number of carbonyl (C=O) groups is 1. The van der Waals surface area contributed by atoms with Crippen molar-refractivity contribution >= 4 is 29.0 Å². The normalized spacial score (nSPS) is 13.0. The Labute approximate surface area is 180 Å². The molecule has 0 spiro atoms. The van der Waals surface area contributed by atoms with Gasteiger partial charge in [0.15, 0.2) is 5.78 Å². The number of hydrogen-bond donors (Lipinski definition) is 0. The molecule has 0 saturated carbocycles. The first-order valence-electron chi connectivity index (χ1n) is 9.73. The minimum absolute atomic E-state index is 0.0242. The van der Waals surface area contributed by atoms with Gasteiger partial charge in [0.25, 0.3) is 0 Å². The van der Waals surface area contributed by atoms with Crippen LogP contribution in [-0.2, 0) is 16.2 Å². The highest BCUT2D eigenvalue weighted by Gasteiger charge is 2.33. The predicted molar refractivity (Wildman–Crippen MR) is 122 cm³/mol. The molecule has 152 valence electrons. The van der Waals surface area contributed by atoms with Gasteiger partial charge in [-0.15, -0.1) is 0 Å². The second-order valence-electron chi connectivity index (χ2n) is 10.6. The molecule has 0 radical (unpaired) electrons. The highest BCUT2D eigenvalue weighted by molar-refractivity contribution is 6.41. The SMILES string of the molecule is CC(C)(C)c1cc(C(C)(C)C)c(C(=O)c2c(Cl)cccc2Cl)c(C(C)(C)C)c1. The molecular weight excluding hydrogens is 387 g/mol. The molecule has 0 bridgehead atoms. The van der Waals surface area contributed by atoms with Gasteiger partial charge in [0.1, 0.15) is 0 Å². The quantitative estimate of drug-likeness (QED) is 0.449. The number of halogens is 2. The molecule has 0 saturated heterocycles. The van der Waals surface area contributed by atoms with Gasteiger partial charge in [-0.2, -0.15) is 0 Å². The first-order chi connectivity index (χ1) is 12.5. The van der Waals surface area contributed by atoms with E-state index in [4.69, 9.17) is 23.2 Å². The Hall–Kier alpha value is -1.31. The minimum atomic E-state index is -0.208. The zero-order valence-electron chi connectivity index (χ0n) is 18.6. The molecule has 28 heavy (non-hydrogen) atoms. The van der Waals surface area contributed by atoms with E-state index in [0.717, 1.165) is 16.7 Å². The Morgan fingerprint density at radius 3 is 1.39 bits per heavy atom. The third-order valence-electron chi connectivity index (χ3n) is 5.04. The van der Waals surface area contributed by atoms with Gasteiger partial charge in [0, 0.05) is 5.56 Å². The maximum atomic E-state index is 13.8. The molecule has 1 nitrogen and oxygen atoms in total. The number of hydrogen-bond acceptors (Lipinski definition) is 1. The third-order valence-corrected chi connectivity index (χ3v) is 5.67. The summed E-state index contributed by atoms with van der Waals surface area (Å²) in [5, 5.41) is 0.772. The number of rotatable bonds is 2. The van der Waals surface area contributed by atoms with E-state index < -0.39 is 0 Å². The maximum Gasteiger partial charge on any atom is 0.196 e. The summed E-state index contributed by atoms with van der Waals surface area (Å²) in [7, 11) is 0. The summed E-state index contributed by atoms with van der Waals surface area (Å²) in [5.74, 6) is -0.106. The zero-order chi connectivity index (χ0) is 21.7. The van der Waals surface area contributed by atoms with Crippen molar-refractivity contribution in [3.05, 3.63) is 68.2 Å². The molecule has 0 fully saturated rings. The zero-order valence-corrected chi connectivity index (χ0v) is 20.1. The average molecular weight is 419 g/mol. The maximum absolute atomic E-state index is 13.8. The molecule has 0 heterocycles. The lowest BCUT2D eigenvalue weighted by Gasteiger charge is -2.33. The van der Waals surface area contributed by atoms with Gasteiger partial charge in [-0.05, 0) is 45.1 Å². The van der Waals surface area contributed by atoms with Crippen molar-refractivity contribution in [2.24, 2.45) is 0 Å². The van der Waals surface area contributed by atoms with E-state index in [-0.39, 0.29) is 22.0 Å². The fraction of sp³-hybridized carbons (Fsp3) is 0.480. The Kier molecular flexibility index (Phi) is 6.16. The first kappa shape index (κ1) is 23.0. The standard InChI is InChI=1S/C25H32Cl2O/c1-23(2,3)15-13-16(24(4,5)6)20(17(14-15)25(7,8)9)22(28)21-18(26)11-10-12-19(21)27/h10-14H,1-9H3. The largest absolute Gasteiger partial charge is 0.288 e. The lowest BCUT2D eigenvalue weighted by atomic mass is 9.71. The molecule has 0 amide bonds. The predicted octanol–water partition coefficient (Wildman–Crippen LogP) is 8.12. The van der Waals surface area contributed by atoms with Gasteiger partial charge in [-0.3, -0.25) is 4.79 Å². The topological polar surface area (TPSA) is 17.1 Å². The average Bonchev–Trinajstić information content (AvgIpc) is 2.50. The summed E-state index contributed by atoms with van der Waals surface area (Å²) in [5.41, 5.74) is 3.96. The highest BCUT2D eigenvalue weighted by Crippen LogP contribution is 2.40. The van der Waals surface area contributed by atoms with E-state index in [1.54, 1.807) is 18.2 Å². The molecule has 2 aromatic rings. The van der Waals surface area contributed by atoms with Gasteiger partial charge in [0.05, 0.1) is 15.6 Å². The van der Waals surface area contributed by atoms with Crippen LogP contribution in [0.4, 0.5) is 0 Å². The van der Waals surface area contributed by atoms with E-state index in [2.05, 4.69) is 74.4 Å². The summed E-state index contributed by atoms with van der Waals surface area (Å²) in [6, 6.07) is 9.58. The number of ketones is 1. The summed E-state index contributed by atoms with van der Waals surface area (Å²) in [6.07, 6.45) is 0. The lowest BCUT2D eigenvalue weighted by Crippen LogP contribution is -2.27. The molecule has 0 aliphatic rings. The second-order valence-corrected chi connectivity index (χ2v) is 11.4. The summed E-state index contributed by atoms with van der Waals surface area (Å²) in [4.78, 5) is 13.8. The fourth-order valence-corrected chi connectivity index (χ4v) is 3.91. The van der Waals surface area contributed by atoms with Gasteiger partial charge in [-0.25, -0.2) is 0 Å². The minimum Gasteiger partial charge on any atom is -0.288 e. The molecule has 0 N–H and O–H groups in total. The molecule has 0 aromatic heterocycles. The van der Waals surface area contributed by atoms with Crippen molar-refractivity contribution < 1.29 is 4.79 Å². The van der Waals surface area contributed by atoms with Gasteiger partial charge in [0.2, 0.25) is 0 Å². The molecule has 3 heteroatoms. The van der Waals surface area contributed by atoms with Crippen LogP contribution in [0.1, 0.15) is 94.9 Å². The van der Waals surface area contributed by atoms with Crippen molar-refractivity contribution in [3.63, 3.8) is 0 Å². The van der Waals surface area contributed by atoms with Crippen molar-refractivity contribution in [1.29, 1.82) is 0 Å². The molecule has 2 rings (SSSR count). The Balaban J connectivity index is 2.98. The van der Waals surface area contributed by atoms with Gasteiger partial charge < -0.3 is 0 Å². The lowest BCUT2D eigenvalue weighted by molar-refractivity contribution is 0.103. The van der Waals surface area contributed by atoms with Crippen LogP contribution in [0, 0.1) is 0 Å². The van der Waals surface area contributed by atoms with Crippen LogP contribution in [-0.4, -0.2) is 5.78 Å². The summed E-state index contributed by atoms with van der Waals surface area (Å²) >= 11 is 12.8. The van der Waals surface area contributed by atoms with Crippen LogP contribution >= 0.6 is 23.2 Å². The first-order valence-corrected chi connectivity index (χ1v) is 10.5. The van der Waals surface area contributed by atoms with E-state index in [9.17, 15) is 4.79 Å². The van der Waals surface area contributed by atoms with Crippen LogP contribution in [0.5, 0.6) is 0 Å². The molecule has 0 aliphatic heterocycles. The van der Waals surface area contributed by atoms with Crippen LogP contribution < -0.4 is 0 Å². The molecule has 0 atom stereocenters. The highest BCUT2D eigenvalue weighted by atomic mass is 35.5. The smallest absolute Gasteiger partial charge is 0.196 e. The molecule has 2 aromatic carbocycles. The van der Waals surface area contributed by atoms with E-state index in [0.29, 0.717) is 15.6 Å². The monoisotopic (exact) mass is 418 g/mol. The molecule has 0 aliphatic carbocycles. The van der Waals surface area contributed by atoms with Crippen molar-refractivity contribution in [2.45, 2.75) is 78.6 Å². The van der Waals surface area contributed by atoms with Crippen molar-refractivity contribution in [1.82, 2.24) is 0 Å². The van der Waals surface area contributed by atoms with Crippen LogP contribution in [0.15, 0.2) is 30.3 Å². The Bertz CT molecular complexity index is 848. The van der Waals surface area contributed by atoms with Crippen molar-refractivity contribution in [3.8, 4) is 0 Å². The second kappa shape index (κ2) is 7.50. The Morgan fingerprint density at radius 1 is 0.679 bits per heavy atom. The summed E-state index contributed by atoms with van der Waals surface area (Å²) < 4.78 is 0. The number of carbonyl (C=O) groups excluding carboxylic acids is 1. The van der Waals surface area contributed by atoms with Gasteiger partial charge in [-0.1, -0.05) is 104 Å². The molecule has 0 unspecified atom stereocenters. The van der Waals surface area contributed by atoms with E-state index in [1.807, 2.05) is 0 Å². The van der Waals surface area contributed by atoms with Crippen molar-refractivity contribution in [2.75, 3.05) is 0 Å². The van der Waals surface area contributed by atoms with Crippen LogP contribution in [0.25, 0.3) is 0 Å². The van der Waals surface area contributed by atoms with E-state index >= 15 is 0 Å². The van der Waals surface area contributed by atoms with Crippen LogP contribution in [0.2, 0.25) is 10.0 Å². The molecular formula is C25H32Cl2O. The number of benzene rings is 2. The fourth-order valence-electron chi connectivity index (χ4n) is 3.34. The summed E-state index contributed by atoms with van der Waals surface area (Å²) in [6.45, 7) is 19.5. The third kappa shape index (κ3) is 4.63. The van der Waals surface area contributed by atoms with Gasteiger partial charge >= 0.3 is 0 Å². The van der Waals surface area contributed by atoms with E-state index in [1.165, 1.54) is 5.56 Å². The van der Waals surface area contributed by atoms with Crippen LogP contribution in [0.3, 0.4) is 0 Å².